The molecule has 0 aromatic heterocycles. The molecule has 350 valence electrons. The maximum absolute atomic E-state index is 14.9. The van der Waals surface area contributed by atoms with Crippen LogP contribution in [0.15, 0.2) is 84.9 Å². The smallest absolute Gasteiger partial charge is 0.407 e. The second kappa shape index (κ2) is 23.2. The van der Waals surface area contributed by atoms with Crippen LogP contribution in [-0.2, 0) is 47.5 Å². The van der Waals surface area contributed by atoms with Gasteiger partial charge in [0, 0.05) is 25.4 Å². The highest BCUT2D eigenvalue weighted by Crippen LogP contribution is 2.39. The van der Waals surface area contributed by atoms with E-state index in [9.17, 15) is 28.4 Å². The zero-order valence-corrected chi connectivity index (χ0v) is 40.3. The van der Waals surface area contributed by atoms with Gasteiger partial charge in [-0.2, -0.15) is 0 Å². The molecular formula is C49H70FN5O8Si. The topological polar surface area (TPSA) is 164 Å². The van der Waals surface area contributed by atoms with Gasteiger partial charge >= 0.3 is 12.1 Å². The first-order chi connectivity index (χ1) is 30.0. The largest absolute Gasteiger partial charge is 0.444 e. The Labute approximate surface area is 380 Å². The molecule has 0 bridgehead atoms. The van der Waals surface area contributed by atoms with Gasteiger partial charge in [0.05, 0.1) is 25.4 Å². The molecule has 1 aliphatic rings. The third kappa shape index (κ3) is 16.5. The number of amides is 6. The second-order valence-corrected chi connectivity index (χ2v) is 24.3. The molecule has 5 unspecified atom stereocenters. The number of rotatable bonds is 18. The number of hydrogen-bond donors (Lipinski definition) is 4. The van der Waals surface area contributed by atoms with Crippen molar-refractivity contribution in [2.45, 2.75) is 129 Å². The predicted molar refractivity (Wildman–Crippen MR) is 248 cm³/mol. The number of benzene rings is 3. The first-order valence-electron chi connectivity index (χ1n) is 22.3. The number of carbonyl (C=O) groups is 5. The quantitative estimate of drug-likeness (QED) is 0.0965. The maximum atomic E-state index is 14.9. The summed E-state index contributed by atoms with van der Waals surface area (Å²) in [5.74, 6) is -3.62. The summed E-state index contributed by atoms with van der Waals surface area (Å²) < 4.78 is 33.0. The van der Waals surface area contributed by atoms with E-state index in [1.54, 1.807) is 46.8 Å². The maximum Gasteiger partial charge on any atom is 0.407 e. The van der Waals surface area contributed by atoms with E-state index >= 15 is 0 Å². The molecular weight excluding hydrogens is 834 g/mol. The summed E-state index contributed by atoms with van der Waals surface area (Å²) in [6.45, 7) is 20.8. The molecule has 64 heavy (non-hydrogen) atoms. The number of carbonyl (C=O) groups excluding carboxylic acids is 5. The van der Waals surface area contributed by atoms with Crippen LogP contribution < -0.4 is 21.3 Å². The molecule has 15 heteroatoms. The molecule has 1 fully saturated rings. The van der Waals surface area contributed by atoms with Gasteiger partial charge in [-0.25, -0.2) is 14.0 Å². The minimum atomic E-state index is -2.62. The van der Waals surface area contributed by atoms with E-state index in [2.05, 4.69) is 55.1 Å². The Kier molecular flexibility index (Phi) is 18.7. The molecule has 1 heterocycles. The monoisotopic (exact) mass is 903 g/mol. The third-order valence-electron chi connectivity index (χ3n) is 11.7. The molecule has 13 nitrogen and oxygen atoms in total. The average Bonchev–Trinajstić information content (AvgIpc) is 3.21. The van der Waals surface area contributed by atoms with Crippen molar-refractivity contribution in [3.05, 3.63) is 107 Å². The molecule has 0 radical (unpaired) electrons. The van der Waals surface area contributed by atoms with Gasteiger partial charge in [0.25, 0.3) is 5.91 Å². The van der Waals surface area contributed by atoms with Crippen molar-refractivity contribution in [1.29, 1.82) is 0 Å². The molecule has 1 saturated heterocycles. The van der Waals surface area contributed by atoms with Crippen LogP contribution in [0.1, 0.15) is 78.5 Å². The number of urea groups is 1. The van der Waals surface area contributed by atoms with Crippen molar-refractivity contribution in [3.8, 4) is 0 Å². The van der Waals surface area contributed by atoms with Gasteiger partial charge in [-0.15, -0.1) is 0 Å². The lowest BCUT2D eigenvalue weighted by Crippen LogP contribution is -2.59. The predicted octanol–water partition coefficient (Wildman–Crippen LogP) is 7.34. The minimum absolute atomic E-state index is 0.0791. The summed E-state index contributed by atoms with van der Waals surface area (Å²) in [6, 6.07) is 21.2. The number of alkyl carbamates (subject to hydrolysis) is 1. The highest BCUT2D eigenvalue weighted by molar-refractivity contribution is 6.74. The zero-order chi connectivity index (χ0) is 47.2. The van der Waals surface area contributed by atoms with E-state index in [0.717, 1.165) is 11.1 Å². The second-order valence-electron chi connectivity index (χ2n) is 19.5. The van der Waals surface area contributed by atoms with Crippen LogP contribution in [0.3, 0.4) is 0 Å². The Morgan fingerprint density at radius 2 is 1.31 bits per heavy atom. The normalized spacial score (nSPS) is 15.8. The Morgan fingerprint density at radius 1 is 0.734 bits per heavy atom. The molecule has 5 atom stereocenters. The van der Waals surface area contributed by atoms with Crippen LogP contribution in [-0.4, -0.2) is 99.2 Å². The van der Waals surface area contributed by atoms with Crippen molar-refractivity contribution in [2.24, 2.45) is 11.8 Å². The Bertz CT molecular complexity index is 2000. The standard InChI is InChI=1S/C49H70FN5O8Si/c1-33(2)42(45(58)51-40(31-35-20-15-12-16-21-35)44(57)54-46(59)55-24-26-61-27-25-55)53-43(56)37(28-36-22-17-23-38(50)29-36)32-41(63-64(9,10)49(6,7)8)39(30-34-18-13-11-14-19-34)52-47(60)62-48(3,4)5/h11-23,29,33,37,39-42H,24-28,30-32H2,1-10H3,(H,51,58)(H,52,60)(H,53,56)(H,54,57,59). The summed E-state index contributed by atoms with van der Waals surface area (Å²) in [5, 5.41) is 11.1. The van der Waals surface area contributed by atoms with E-state index in [0.29, 0.717) is 38.3 Å². The van der Waals surface area contributed by atoms with Gasteiger partial charge in [0.15, 0.2) is 8.32 Å². The van der Waals surface area contributed by atoms with Crippen LogP contribution in [0.4, 0.5) is 14.0 Å². The summed E-state index contributed by atoms with van der Waals surface area (Å²) in [6.07, 6.45) is -0.787. The summed E-state index contributed by atoms with van der Waals surface area (Å²) >= 11 is 0. The summed E-state index contributed by atoms with van der Waals surface area (Å²) in [5.41, 5.74) is 1.44. The van der Waals surface area contributed by atoms with E-state index in [1.807, 2.05) is 60.7 Å². The zero-order valence-electron chi connectivity index (χ0n) is 39.3. The lowest BCUT2D eigenvalue weighted by molar-refractivity contribution is -0.134. The molecule has 3 aromatic carbocycles. The van der Waals surface area contributed by atoms with Gasteiger partial charge in [-0.05, 0) is 92.9 Å². The van der Waals surface area contributed by atoms with Crippen molar-refractivity contribution in [1.82, 2.24) is 26.2 Å². The molecule has 0 saturated carbocycles. The molecule has 6 amide bonds. The first-order valence-corrected chi connectivity index (χ1v) is 25.2. The van der Waals surface area contributed by atoms with Crippen molar-refractivity contribution in [2.75, 3.05) is 26.3 Å². The Hall–Kier alpha value is -5.12. The highest BCUT2D eigenvalue weighted by Gasteiger charge is 2.43. The summed E-state index contributed by atoms with van der Waals surface area (Å²) in [7, 11) is -2.62. The lowest BCUT2D eigenvalue weighted by Gasteiger charge is -2.42. The SMILES string of the molecule is CC(C)C(NC(=O)C(Cc1cccc(F)c1)CC(O[Si](C)(C)C(C)(C)C)C(Cc1ccccc1)NC(=O)OC(C)(C)C)C(=O)NC(Cc1ccccc1)C(=O)NC(=O)N1CCOCC1. The van der Waals surface area contributed by atoms with Crippen LogP contribution in [0.25, 0.3) is 0 Å². The van der Waals surface area contributed by atoms with Gasteiger partial charge in [-0.1, -0.05) is 107 Å². The first kappa shape index (κ1) is 51.5. The van der Waals surface area contributed by atoms with E-state index in [1.165, 1.54) is 17.0 Å². The number of imide groups is 1. The van der Waals surface area contributed by atoms with Gasteiger partial charge in [0.1, 0.15) is 23.5 Å². The molecule has 4 rings (SSSR count). The number of nitrogens with zero attached hydrogens (tertiary/aromatic N) is 1. The van der Waals surface area contributed by atoms with Gasteiger partial charge in [0.2, 0.25) is 11.8 Å². The van der Waals surface area contributed by atoms with Crippen molar-refractivity contribution >= 4 is 38.2 Å². The Balaban J connectivity index is 1.71. The Morgan fingerprint density at radius 3 is 1.86 bits per heavy atom. The van der Waals surface area contributed by atoms with Crippen LogP contribution in [0.2, 0.25) is 18.1 Å². The van der Waals surface area contributed by atoms with E-state index in [-0.39, 0.29) is 24.3 Å². The van der Waals surface area contributed by atoms with E-state index in [4.69, 9.17) is 13.9 Å². The number of nitrogens with one attached hydrogen (secondary N) is 4. The lowest BCUT2D eigenvalue weighted by atomic mass is 9.88. The third-order valence-corrected chi connectivity index (χ3v) is 16.2. The number of halogens is 1. The molecule has 0 spiro atoms. The summed E-state index contributed by atoms with van der Waals surface area (Å²) in [4.78, 5) is 71.2. The van der Waals surface area contributed by atoms with Crippen LogP contribution >= 0.6 is 0 Å². The van der Waals surface area contributed by atoms with Gasteiger partial charge < -0.3 is 34.8 Å². The fraction of sp³-hybridized carbons (Fsp3) is 0.531. The fourth-order valence-electron chi connectivity index (χ4n) is 7.13. The number of morpholine rings is 1. The highest BCUT2D eigenvalue weighted by atomic mass is 28.4. The van der Waals surface area contributed by atoms with Crippen LogP contribution in [0.5, 0.6) is 0 Å². The molecule has 3 aromatic rings. The van der Waals surface area contributed by atoms with Crippen molar-refractivity contribution < 1.29 is 42.3 Å². The van der Waals surface area contributed by atoms with E-state index < -0.39 is 85.6 Å². The molecule has 1 aliphatic heterocycles. The number of ether oxygens (including phenoxy) is 2. The van der Waals surface area contributed by atoms with Crippen LogP contribution in [0, 0.1) is 17.7 Å². The molecule has 0 aliphatic carbocycles. The average molecular weight is 904 g/mol. The minimum Gasteiger partial charge on any atom is -0.444 e. The number of hydrogen-bond acceptors (Lipinski definition) is 8. The van der Waals surface area contributed by atoms with Gasteiger partial charge in [-0.3, -0.25) is 19.7 Å². The fourth-order valence-corrected chi connectivity index (χ4v) is 8.50. The molecule has 4 N–H and O–H groups in total. The van der Waals surface area contributed by atoms with Crippen molar-refractivity contribution in [3.63, 3.8) is 0 Å².